The lowest BCUT2D eigenvalue weighted by Crippen LogP contribution is -2.13. The van der Waals surface area contributed by atoms with Gasteiger partial charge in [0.1, 0.15) is 5.69 Å². The molecule has 7 nitrogen and oxygen atoms in total. The molecule has 1 N–H and O–H groups in total. The van der Waals surface area contributed by atoms with Crippen LogP contribution >= 0.6 is 11.6 Å². The maximum absolute atomic E-state index is 13.3. The standard InChI is InChI=1S/C23H21ClN2O5S/c1-13-5-7-16(8-6-13)32(28,29)26-10-9-17(24)21(26)18-12-19(30-4)23(31-18)22(27)20-14(2)11-15(3)25-20/h5-12,25H,1-4H3. The van der Waals surface area contributed by atoms with Gasteiger partial charge in [0.05, 0.1) is 22.7 Å². The van der Waals surface area contributed by atoms with E-state index in [-0.39, 0.29) is 32.9 Å². The third-order valence-corrected chi connectivity index (χ3v) is 7.11. The molecule has 0 radical (unpaired) electrons. The number of halogens is 1. The van der Waals surface area contributed by atoms with Crippen molar-refractivity contribution < 1.29 is 22.4 Å². The number of carbonyl (C=O) groups is 1. The van der Waals surface area contributed by atoms with Gasteiger partial charge in [0, 0.05) is 18.0 Å². The molecule has 3 heterocycles. The van der Waals surface area contributed by atoms with Gasteiger partial charge >= 0.3 is 0 Å². The van der Waals surface area contributed by atoms with Crippen LogP contribution in [0.1, 0.15) is 33.1 Å². The smallest absolute Gasteiger partial charge is 0.268 e. The fourth-order valence-electron chi connectivity index (χ4n) is 3.52. The second-order valence-electron chi connectivity index (χ2n) is 7.47. The number of ether oxygens (including phenoxy) is 1. The lowest BCUT2D eigenvalue weighted by atomic mass is 10.1. The van der Waals surface area contributed by atoms with Crippen molar-refractivity contribution in [3.05, 3.63) is 82.0 Å². The van der Waals surface area contributed by atoms with Crippen molar-refractivity contribution in [2.45, 2.75) is 25.7 Å². The van der Waals surface area contributed by atoms with Gasteiger partial charge in [-0.25, -0.2) is 12.4 Å². The van der Waals surface area contributed by atoms with Crippen LogP contribution in [-0.2, 0) is 10.0 Å². The Balaban J connectivity index is 1.84. The number of nitrogens with zero attached hydrogens (tertiary/aromatic N) is 1. The van der Waals surface area contributed by atoms with E-state index in [1.807, 2.05) is 26.8 Å². The van der Waals surface area contributed by atoms with Crippen LogP contribution in [0.15, 0.2) is 58.0 Å². The van der Waals surface area contributed by atoms with E-state index < -0.39 is 15.8 Å². The zero-order chi connectivity index (χ0) is 23.2. The SMILES string of the molecule is COc1cc(-c2c(Cl)ccn2S(=O)(=O)c2ccc(C)cc2)oc1C(=O)c1[nH]c(C)cc1C. The minimum absolute atomic E-state index is 0.0519. The summed E-state index contributed by atoms with van der Waals surface area (Å²) in [5, 5.41) is 0.156. The zero-order valence-electron chi connectivity index (χ0n) is 17.9. The molecule has 0 unspecified atom stereocenters. The van der Waals surface area contributed by atoms with E-state index in [2.05, 4.69) is 4.98 Å². The Morgan fingerprint density at radius 2 is 1.78 bits per heavy atom. The fraction of sp³-hybridized carbons (Fsp3) is 0.174. The predicted octanol–water partition coefficient (Wildman–Crippen LogP) is 5.13. The molecule has 0 saturated heterocycles. The van der Waals surface area contributed by atoms with Crippen LogP contribution in [0.2, 0.25) is 5.02 Å². The molecule has 166 valence electrons. The second kappa shape index (κ2) is 8.03. The summed E-state index contributed by atoms with van der Waals surface area (Å²) in [6, 6.07) is 11.2. The molecule has 4 rings (SSSR count). The number of aromatic nitrogens is 2. The fourth-order valence-corrected chi connectivity index (χ4v) is 5.17. The van der Waals surface area contributed by atoms with Crippen LogP contribution in [-0.4, -0.2) is 30.3 Å². The van der Waals surface area contributed by atoms with Crippen LogP contribution in [0.4, 0.5) is 0 Å². The van der Waals surface area contributed by atoms with E-state index in [0.717, 1.165) is 20.8 Å². The number of furan rings is 1. The summed E-state index contributed by atoms with van der Waals surface area (Å²) in [7, 11) is -2.55. The number of hydrogen-bond acceptors (Lipinski definition) is 5. The van der Waals surface area contributed by atoms with Gasteiger partial charge in [0.15, 0.2) is 11.5 Å². The highest BCUT2D eigenvalue weighted by Gasteiger charge is 2.29. The molecule has 0 aliphatic carbocycles. The van der Waals surface area contributed by atoms with Gasteiger partial charge in [0.25, 0.3) is 10.0 Å². The highest BCUT2D eigenvalue weighted by atomic mass is 35.5. The van der Waals surface area contributed by atoms with Crippen LogP contribution in [0.25, 0.3) is 11.5 Å². The molecule has 0 saturated carbocycles. The molecule has 0 atom stereocenters. The van der Waals surface area contributed by atoms with Crippen molar-refractivity contribution >= 4 is 27.4 Å². The summed E-state index contributed by atoms with van der Waals surface area (Å²) >= 11 is 6.35. The van der Waals surface area contributed by atoms with E-state index in [4.69, 9.17) is 20.8 Å². The van der Waals surface area contributed by atoms with Gasteiger partial charge in [0.2, 0.25) is 11.5 Å². The lowest BCUT2D eigenvalue weighted by molar-refractivity contribution is 0.100. The van der Waals surface area contributed by atoms with Crippen LogP contribution in [0.3, 0.4) is 0 Å². The van der Waals surface area contributed by atoms with Gasteiger partial charge in [-0.15, -0.1) is 0 Å². The largest absolute Gasteiger partial charge is 0.493 e. The van der Waals surface area contributed by atoms with Gasteiger partial charge in [-0.1, -0.05) is 29.3 Å². The monoisotopic (exact) mass is 472 g/mol. The topological polar surface area (TPSA) is 94.3 Å². The summed E-state index contributed by atoms with van der Waals surface area (Å²) in [5.41, 5.74) is 3.00. The molecule has 3 aromatic heterocycles. The Kier molecular flexibility index (Phi) is 5.52. The summed E-state index contributed by atoms with van der Waals surface area (Å²) in [4.78, 5) is 16.2. The number of aryl methyl sites for hydroxylation is 3. The molecule has 0 aliphatic heterocycles. The average molecular weight is 473 g/mol. The number of H-pyrrole nitrogens is 1. The number of benzene rings is 1. The maximum Gasteiger partial charge on any atom is 0.268 e. The van der Waals surface area contributed by atoms with Crippen LogP contribution in [0, 0.1) is 20.8 Å². The molecule has 0 amide bonds. The van der Waals surface area contributed by atoms with Gasteiger partial charge in [-0.2, -0.15) is 0 Å². The number of methoxy groups -OCH3 is 1. The summed E-state index contributed by atoms with van der Waals surface area (Å²) in [6.45, 7) is 5.52. The lowest BCUT2D eigenvalue weighted by Gasteiger charge is -2.10. The number of carbonyl (C=O) groups excluding carboxylic acids is 1. The highest BCUT2D eigenvalue weighted by molar-refractivity contribution is 7.90. The van der Waals surface area contributed by atoms with Gasteiger partial charge in [-0.3, -0.25) is 4.79 Å². The number of hydrogen-bond donors (Lipinski definition) is 1. The van der Waals surface area contributed by atoms with Crippen LogP contribution in [0.5, 0.6) is 5.75 Å². The first-order valence-corrected chi connectivity index (χ1v) is 11.5. The minimum atomic E-state index is -3.96. The maximum atomic E-state index is 13.3. The Labute approximate surface area is 190 Å². The summed E-state index contributed by atoms with van der Waals surface area (Å²) in [6.07, 6.45) is 1.35. The first kappa shape index (κ1) is 22.0. The van der Waals surface area contributed by atoms with Gasteiger partial charge < -0.3 is 14.1 Å². The summed E-state index contributed by atoms with van der Waals surface area (Å²) in [5.74, 6) is -0.191. The van der Waals surface area contributed by atoms with E-state index in [9.17, 15) is 13.2 Å². The minimum Gasteiger partial charge on any atom is -0.493 e. The summed E-state index contributed by atoms with van der Waals surface area (Å²) < 4.78 is 38.8. The molecular weight excluding hydrogens is 452 g/mol. The quantitative estimate of drug-likeness (QED) is 0.392. The molecule has 4 aromatic rings. The number of rotatable bonds is 6. The van der Waals surface area contributed by atoms with Crippen LogP contribution < -0.4 is 4.74 Å². The first-order chi connectivity index (χ1) is 15.1. The third-order valence-electron chi connectivity index (χ3n) is 5.11. The number of aromatic amines is 1. The molecule has 32 heavy (non-hydrogen) atoms. The van der Waals surface area contributed by atoms with Crippen molar-refractivity contribution in [2.24, 2.45) is 0 Å². The van der Waals surface area contributed by atoms with E-state index in [1.54, 1.807) is 12.1 Å². The van der Waals surface area contributed by atoms with Crippen molar-refractivity contribution in [3.8, 4) is 17.2 Å². The Morgan fingerprint density at radius 3 is 2.38 bits per heavy atom. The van der Waals surface area contributed by atoms with E-state index in [0.29, 0.717) is 5.69 Å². The third kappa shape index (κ3) is 3.65. The molecule has 9 heteroatoms. The molecule has 0 fully saturated rings. The second-order valence-corrected chi connectivity index (χ2v) is 9.70. The van der Waals surface area contributed by atoms with Crippen molar-refractivity contribution in [2.75, 3.05) is 7.11 Å². The highest BCUT2D eigenvalue weighted by Crippen LogP contribution is 2.38. The Hall–Kier alpha value is -3.23. The van der Waals surface area contributed by atoms with Gasteiger partial charge in [-0.05, 0) is 50.6 Å². The number of nitrogens with one attached hydrogen (secondary N) is 1. The van der Waals surface area contributed by atoms with Crippen molar-refractivity contribution in [1.82, 2.24) is 8.96 Å². The van der Waals surface area contributed by atoms with Crippen molar-refractivity contribution in [3.63, 3.8) is 0 Å². The molecule has 0 spiro atoms. The van der Waals surface area contributed by atoms with Crippen molar-refractivity contribution in [1.29, 1.82) is 0 Å². The molecule has 1 aromatic carbocycles. The number of ketones is 1. The predicted molar refractivity (Wildman–Crippen MR) is 121 cm³/mol. The molecule has 0 aliphatic rings. The normalized spacial score (nSPS) is 11.7. The molecular formula is C23H21ClN2O5S. The average Bonchev–Trinajstić information content (AvgIpc) is 3.43. The Morgan fingerprint density at radius 1 is 1.09 bits per heavy atom. The zero-order valence-corrected chi connectivity index (χ0v) is 19.5. The van der Waals surface area contributed by atoms with E-state index in [1.165, 1.54) is 37.6 Å². The first-order valence-electron chi connectivity index (χ1n) is 9.71. The Bertz CT molecular complexity index is 1430. The van der Waals surface area contributed by atoms with E-state index >= 15 is 0 Å². The molecule has 0 bridgehead atoms.